The smallest absolute Gasteiger partial charge is 0.265 e. The van der Waals surface area contributed by atoms with Gasteiger partial charge in [0.15, 0.2) is 16.6 Å². The molecule has 0 bridgehead atoms. The fourth-order valence-corrected chi connectivity index (χ4v) is 3.70. The maximum atomic E-state index is 12.7. The Bertz CT molecular complexity index is 1090. The van der Waals surface area contributed by atoms with Crippen molar-refractivity contribution in [3.63, 3.8) is 0 Å². The first-order chi connectivity index (χ1) is 15.3. The van der Waals surface area contributed by atoms with Crippen LogP contribution >= 0.6 is 28.1 Å². The van der Waals surface area contributed by atoms with Gasteiger partial charge < -0.3 is 9.47 Å². The normalized spacial score (nSPS) is 14.0. The predicted molar refractivity (Wildman–Crippen MR) is 131 cm³/mol. The summed E-state index contributed by atoms with van der Waals surface area (Å²) >= 11 is 8.57. The highest BCUT2D eigenvalue weighted by molar-refractivity contribution is 9.10. The van der Waals surface area contributed by atoms with Gasteiger partial charge in [-0.1, -0.05) is 34.1 Å². The molecule has 8 heteroatoms. The second kappa shape index (κ2) is 10.1. The average molecular weight is 515 g/mol. The molecule has 1 aliphatic rings. The van der Waals surface area contributed by atoms with E-state index in [9.17, 15) is 9.59 Å². The van der Waals surface area contributed by atoms with Gasteiger partial charge in [-0.3, -0.25) is 19.4 Å². The van der Waals surface area contributed by atoms with Gasteiger partial charge in [-0.2, -0.15) is 0 Å². The van der Waals surface area contributed by atoms with Crippen LogP contribution < -0.4 is 9.47 Å². The third-order valence-electron chi connectivity index (χ3n) is 4.99. The van der Waals surface area contributed by atoms with E-state index in [1.54, 1.807) is 39.4 Å². The minimum Gasteiger partial charge on any atom is -0.493 e. The van der Waals surface area contributed by atoms with E-state index in [-0.39, 0.29) is 10.7 Å². The van der Waals surface area contributed by atoms with E-state index in [1.165, 1.54) is 9.80 Å². The van der Waals surface area contributed by atoms with E-state index in [0.717, 1.165) is 15.6 Å². The van der Waals surface area contributed by atoms with E-state index < -0.39 is 11.8 Å². The van der Waals surface area contributed by atoms with Crippen molar-refractivity contribution in [1.29, 1.82) is 0 Å². The quantitative estimate of drug-likeness (QED) is 0.237. The Hall–Kier alpha value is -2.97. The highest BCUT2D eigenvalue weighted by Gasteiger charge is 2.35. The summed E-state index contributed by atoms with van der Waals surface area (Å²) in [6.07, 6.45) is 3.83. The van der Waals surface area contributed by atoms with Gasteiger partial charge >= 0.3 is 0 Å². The Morgan fingerprint density at radius 3 is 2.28 bits per heavy atom. The fraction of sp³-hybridized carbons (Fsp3) is 0.208. The topological polar surface area (TPSA) is 59.1 Å². The average Bonchev–Trinajstić information content (AvgIpc) is 2.79. The molecule has 0 saturated carbocycles. The molecule has 32 heavy (non-hydrogen) atoms. The zero-order chi connectivity index (χ0) is 23.4. The molecule has 0 unspecified atom stereocenters. The van der Waals surface area contributed by atoms with Crippen LogP contribution in [-0.2, 0) is 22.6 Å². The number of carbonyl (C=O) groups is 2. The molecule has 2 aromatic rings. The lowest BCUT2D eigenvalue weighted by molar-refractivity contribution is -0.132. The minimum absolute atomic E-state index is 0.0266. The first kappa shape index (κ1) is 23.7. The van der Waals surface area contributed by atoms with Crippen molar-refractivity contribution >= 4 is 51.2 Å². The zero-order valence-electron chi connectivity index (χ0n) is 18.1. The Morgan fingerprint density at radius 1 is 1.09 bits per heavy atom. The summed E-state index contributed by atoms with van der Waals surface area (Å²) in [5.41, 5.74) is 2.50. The third-order valence-corrected chi connectivity index (χ3v) is 6.07. The Kier molecular flexibility index (Phi) is 7.48. The van der Waals surface area contributed by atoms with E-state index in [0.29, 0.717) is 30.1 Å². The van der Waals surface area contributed by atoms with Gasteiger partial charge in [-0.25, -0.2) is 0 Å². The molecule has 1 aliphatic heterocycles. The lowest BCUT2D eigenvalue weighted by Crippen LogP contribution is -2.52. The molecule has 3 rings (SSSR count). The highest BCUT2D eigenvalue weighted by Crippen LogP contribution is 2.35. The first-order valence-corrected chi connectivity index (χ1v) is 11.0. The Morgan fingerprint density at radius 2 is 1.72 bits per heavy atom. The molecule has 6 nitrogen and oxygen atoms in total. The van der Waals surface area contributed by atoms with E-state index in [1.807, 2.05) is 30.3 Å². The second-order valence-corrected chi connectivity index (χ2v) is 8.47. The molecular weight excluding hydrogens is 492 g/mol. The Balaban J connectivity index is 1.98. The summed E-state index contributed by atoms with van der Waals surface area (Å²) in [5.74, 6) is 0.200. The van der Waals surface area contributed by atoms with Crippen LogP contribution in [0.2, 0.25) is 0 Å². The largest absolute Gasteiger partial charge is 0.493 e. The number of thiocarbonyl (C=S) groups is 1. The molecule has 2 aromatic carbocycles. The molecule has 1 heterocycles. The van der Waals surface area contributed by atoms with Gasteiger partial charge in [0.25, 0.3) is 11.8 Å². The van der Waals surface area contributed by atoms with Crippen LogP contribution in [0.15, 0.2) is 59.1 Å². The number of likely N-dealkylation sites (N-methyl/N-ethyl adjacent to an activating group) is 2. The second-order valence-electron chi connectivity index (χ2n) is 7.19. The number of ether oxygens (including phenoxy) is 2. The SMILES string of the molecule is C=CCc1cc(C=C2C(=O)N(C)C(=S)N(C)C2=O)cc(OC)c1OCc1ccc(Br)cc1. The van der Waals surface area contributed by atoms with Crippen molar-refractivity contribution < 1.29 is 19.1 Å². The van der Waals surface area contributed by atoms with Gasteiger partial charge in [0.2, 0.25) is 0 Å². The van der Waals surface area contributed by atoms with Crippen LogP contribution in [0.3, 0.4) is 0 Å². The number of allylic oxidation sites excluding steroid dienone is 1. The molecule has 2 amide bonds. The number of methoxy groups -OCH3 is 1. The van der Waals surface area contributed by atoms with Crippen LogP contribution in [-0.4, -0.2) is 47.9 Å². The van der Waals surface area contributed by atoms with Crippen LogP contribution in [0.1, 0.15) is 16.7 Å². The van der Waals surface area contributed by atoms with Crippen molar-refractivity contribution in [2.75, 3.05) is 21.2 Å². The van der Waals surface area contributed by atoms with Crippen LogP contribution in [0.25, 0.3) is 6.08 Å². The maximum absolute atomic E-state index is 12.7. The number of hydrogen-bond donors (Lipinski definition) is 0. The molecule has 0 radical (unpaired) electrons. The van der Waals surface area contributed by atoms with E-state index >= 15 is 0 Å². The Labute approximate surface area is 201 Å². The van der Waals surface area contributed by atoms with Gasteiger partial charge in [-0.15, -0.1) is 6.58 Å². The predicted octanol–water partition coefficient (Wildman–Crippen LogP) is 4.36. The number of nitrogens with zero attached hydrogens (tertiary/aromatic N) is 2. The zero-order valence-corrected chi connectivity index (χ0v) is 20.5. The van der Waals surface area contributed by atoms with Crippen molar-refractivity contribution in [2.45, 2.75) is 13.0 Å². The van der Waals surface area contributed by atoms with Crippen LogP contribution in [0, 0.1) is 0 Å². The van der Waals surface area contributed by atoms with Gasteiger partial charge in [0.1, 0.15) is 12.2 Å². The standard InChI is InChI=1S/C24H23BrN2O4S/c1-5-6-17-11-16(12-19-22(28)26(2)24(32)27(3)23(19)29)13-20(30-4)21(17)31-14-15-7-9-18(25)10-8-15/h5,7-13H,1,6,14H2,2-4H3. The lowest BCUT2D eigenvalue weighted by atomic mass is 10.0. The number of hydrogen-bond acceptors (Lipinski definition) is 5. The molecule has 0 atom stereocenters. The molecule has 1 saturated heterocycles. The van der Waals surface area contributed by atoms with Crippen molar-refractivity contribution in [1.82, 2.24) is 9.80 Å². The number of benzene rings is 2. The van der Waals surface area contributed by atoms with Crippen molar-refractivity contribution in [2.24, 2.45) is 0 Å². The molecular formula is C24H23BrN2O4S. The van der Waals surface area contributed by atoms with E-state index in [2.05, 4.69) is 22.5 Å². The number of rotatable bonds is 7. The van der Waals surface area contributed by atoms with Crippen LogP contribution in [0.5, 0.6) is 11.5 Å². The van der Waals surface area contributed by atoms with Crippen LogP contribution in [0.4, 0.5) is 0 Å². The number of halogens is 1. The van der Waals surface area contributed by atoms with Crippen molar-refractivity contribution in [3.8, 4) is 11.5 Å². The lowest BCUT2D eigenvalue weighted by Gasteiger charge is -2.31. The molecule has 166 valence electrons. The molecule has 1 fully saturated rings. The van der Waals surface area contributed by atoms with Crippen molar-refractivity contribution in [3.05, 3.63) is 75.8 Å². The summed E-state index contributed by atoms with van der Waals surface area (Å²) in [6, 6.07) is 11.5. The summed E-state index contributed by atoms with van der Waals surface area (Å²) < 4.78 is 12.7. The molecule has 0 spiro atoms. The first-order valence-electron chi connectivity index (χ1n) is 9.77. The number of amides is 2. The highest BCUT2D eigenvalue weighted by atomic mass is 79.9. The summed E-state index contributed by atoms with van der Waals surface area (Å²) in [7, 11) is 4.64. The minimum atomic E-state index is -0.446. The fourth-order valence-electron chi connectivity index (χ4n) is 3.27. The van der Waals surface area contributed by atoms with Gasteiger partial charge in [-0.05, 0) is 60.1 Å². The monoisotopic (exact) mass is 514 g/mol. The molecule has 0 aliphatic carbocycles. The number of carbonyl (C=O) groups excluding carboxylic acids is 2. The summed E-state index contributed by atoms with van der Waals surface area (Å²) in [5, 5.41) is 0.166. The summed E-state index contributed by atoms with van der Waals surface area (Å²) in [6.45, 7) is 4.18. The maximum Gasteiger partial charge on any atom is 0.265 e. The van der Waals surface area contributed by atoms with Gasteiger partial charge in [0.05, 0.1) is 7.11 Å². The van der Waals surface area contributed by atoms with E-state index in [4.69, 9.17) is 21.7 Å². The summed E-state index contributed by atoms with van der Waals surface area (Å²) in [4.78, 5) is 27.9. The molecule has 0 N–H and O–H groups in total. The van der Waals surface area contributed by atoms with Gasteiger partial charge in [0, 0.05) is 24.1 Å². The molecule has 0 aromatic heterocycles. The third kappa shape index (κ3) is 4.92.